The zero-order valence-electron chi connectivity index (χ0n) is 4.88. The van der Waals surface area contributed by atoms with Gasteiger partial charge in [0, 0.05) is 12.1 Å². The predicted molar refractivity (Wildman–Crippen MR) is 39.4 cm³/mol. The number of hydrogen-bond acceptors (Lipinski definition) is 2. The quantitative estimate of drug-likeness (QED) is 0.618. The van der Waals surface area contributed by atoms with Crippen molar-refractivity contribution in [3.05, 3.63) is 34.4 Å². The van der Waals surface area contributed by atoms with E-state index in [9.17, 15) is 4.79 Å². The number of rotatable bonds is 1. The van der Waals surface area contributed by atoms with Crippen LogP contribution in [0.15, 0.2) is 27.6 Å². The second-order valence-electron chi connectivity index (χ2n) is 1.67. The highest BCUT2D eigenvalue weighted by molar-refractivity contribution is 6.43. The molecule has 0 fully saturated rings. The van der Waals surface area contributed by atoms with Gasteiger partial charge in [0.05, 0.1) is 6.26 Å². The molecule has 0 atom stereocenters. The van der Waals surface area contributed by atoms with E-state index in [1.54, 1.807) is 0 Å². The van der Waals surface area contributed by atoms with E-state index >= 15 is 0 Å². The summed E-state index contributed by atoms with van der Waals surface area (Å²) >= 11 is 10.8. The summed E-state index contributed by atoms with van der Waals surface area (Å²) in [4.78, 5) is 9.85. The van der Waals surface area contributed by atoms with Gasteiger partial charge in [-0.1, -0.05) is 23.2 Å². The fourth-order valence-corrected chi connectivity index (χ4v) is 0.745. The molecule has 0 spiro atoms. The van der Waals surface area contributed by atoms with Gasteiger partial charge < -0.3 is 4.42 Å². The van der Waals surface area contributed by atoms with Crippen LogP contribution in [-0.4, -0.2) is 0 Å². The highest BCUT2D eigenvalue weighted by Crippen LogP contribution is 2.22. The van der Waals surface area contributed by atoms with Crippen molar-refractivity contribution in [1.82, 2.24) is 0 Å². The van der Waals surface area contributed by atoms with Crippen LogP contribution in [-0.2, 0) is 0 Å². The third-order valence-electron chi connectivity index (χ3n) is 0.936. The van der Waals surface area contributed by atoms with Crippen LogP contribution in [0.1, 0.15) is 10.6 Å². The lowest BCUT2D eigenvalue weighted by molar-refractivity contribution is 0.506. The SMILES string of the molecule is O=c1ccoc(C(Cl)Cl)c1. The minimum absolute atomic E-state index is 0.160. The van der Waals surface area contributed by atoms with E-state index in [2.05, 4.69) is 0 Å². The Morgan fingerprint density at radius 1 is 1.50 bits per heavy atom. The summed E-state index contributed by atoms with van der Waals surface area (Å²) in [5, 5.41) is 0. The highest BCUT2D eigenvalue weighted by atomic mass is 35.5. The zero-order chi connectivity index (χ0) is 7.56. The lowest BCUT2D eigenvalue weighted by Gasteiger charge is -1.95. The van der Waals surface area contributed by atoms with Gasteiger partial charge in [-0.15, -0.1) is 0 Å². The van der Waals surface area contributed by atoms with Gasteiger partial charge in [-0.05, 0) is 0 Å². The average molecular weight is 179 g/mol. The third-order valence-corrected chi connectivity index (χ3v) is 1.37. The molecule has 0 N–H and O–H groups in total. The second kappa shape index (κ2) is 3.08. The first-order valence-corrected chi connectivity index (χ1v) is 3.44. The van der Waals surface area contributed by atoms with Gasteiger partial charge in [0.2, 0.25) is 0 Å². The van der Waals surface area contributed by atoms with Crippen LogP contribution in [0, 0.1) is 0 Å². The molecule has 0 amide bonds. The van der Waals surface area contributed by atoms with Gasteiger partial charge in [0.25, 0.3) is 0 Å². The summed E-state index contributed by atoms with van der Waals surface area (Å²) in [6, 6.07) is 2.55. The fraction of sp³-hybridized carbons (Fsp3) is 0.167. The Bertz CT molecular complexity index is 266. The lowest BCUT2D eigenvalue weighted by atomic mass is 10.4. The summed E-state index contributed by atoms with van der Waals surface area (Å²) in [6.45, 7) is 0. The van der Waals surface area contributed by atoms with Crippen LogP contribution in [0.4, 0.5) is 0 Å². The molecule has 4 heteroatoms. The summed E-state index contributed by atoms with van der Waals surface area (Å²) in [5.41, 5.74) is -0.160. The Morgan fingerprint density at radius 3 is 2.60 bits per heavy atom. The Labute approximate surface area is 67.4 Å². The van der Waals surface area contributed by atoms with Crippen molar-refractivity contribution >= 4 is 23.2 Å². The number of halogens is 2. The van der Waals surface area contributed by atoms with Gasteiger partial charge in [-0.2, -0.15) is 0 Å². The maximum absolute atomic E-state index is 10.6. The molecule has 1 aromatic rings. The van der Waals surface area contributed by atoms with E-state index in [0.717, 1.165) is 0 Å². The molecule has 0 saturated carbocycles. The minimum atomic E-state index is -0.770. The maximum Gasteiger partial charge on any atom is 0.185 e. The highest BCUT2D eigenvalue weighted by Gasteiger charge is 2.04. The molecule has 0 unspecified atom stereocenters. The van der Waals surface area contributed by atoms with Gasteiger partial charge in [-0.3, -0.25) is 4.79 Å². The Balaban J connectivity index is 3.07. The average Bonchev–Trinajstić information content (AvgIpc) is 1.88. The number of alkyl halides is 2. The van der Waals surface area contributed by atoms with Gasteiger partial charge in [0.1, 0.15) is 5.76 Å². The van der Waals surface area contributed by atoms with Crippen LogP contribution in [0.5, 0.6) is 0 Å². The smallest absolute Gasteiger partial charge is 0.185 e. The van der Waals surface area contributed by atoms with E-state index < -0.39 is 4.84 Å². The van der Waals surface area contributed by atoms with Crippen molar-refractivity contribution in [2.24, 2.45) is 0 Å². The Kier molecular flexibility index (Phi) is 2.35. The molecule has 2 nitrogen and oxygen atoms in total. The van der Waals surface area contributed by atoms with Crippen LogP contribution in [0.2, 0.25) is 0 Å². The summed E-state index contributed by atoms with van der Waals surface area (Å²) in [6.07, 6.45) is 1.26. The minimum Gasteiger partial charge on any atom is -0.466 e. The van der Waals surface area contributed by atoms with E-state index in [4.69, 9.17) is 27.6 Å². The Morgan fingerprint density at radius 2 is 2.20 bits per heavy atom. The molecule has 0 aromatic carbocycles. The molecule has 0 aliphatic rings. The lowest BCUT2D eigenvalue weighted by Crippen LogP contribution is -1.96. The molecule has 1 heterocycles. The maximum atomic E-state index is 10.6. The zero-order valence-corrected chi connectivity index (χ0v) is 6.39. The van der Waals surface area contributed by atoms with Gasteiger partial charge in [-0.25, -0.2) is 0 Å². The Hall–Kier alpha value is -0.470. The van der Waals surface area contributed by atoms with Crippen molar-refractivity contribution in [3.63, 3.8) is 0 Å². The first-order valence-electron chi connectivity index (χ1n) is 2.57. The van der Waals surface area contributed by atoms with Crippen LogP contribution < -0.4 is 5.43 Å². The van der Waals surface area contributed by atoms with E-state index in [1.165, 1.54) is 18.4 Å². The monoisotopic (exact) mass is 178 g/mol. The predicted octanol–water partition coefficient (Wildman–Crippen LogP) is 2.12. The normalized spacial score (nSPS) is 10.3. The van der Waals surface area contributed by atoms with Crippen molar-refractivity contribution < 1.29 is 4.42 Å². The van der Waals surface area contributed by atoms with Crippen molar-refractivity contribution in [1.29, 1.82) is 0 Å². The largest absolute Gasteiger partial charge is 0.466 e. The molecular formula is C6H4Cl2O2. The van der Waals surface area contributed by atoms with Crippen LogP contribution >= 0.6 is 23.2 Å². The molecule has 0 aliphatic heterocycles. The van der Waals surface area contributed by atoms with Crippen molar-refractivity contribution in [2.75, 3.05) is 0 Å². The molecular weight excluding hydrogens is 175 g/mol. The summed E-state index contributed by atoms with van der Waals surface area (Å²) in [7, 11) is 0. The van der Waals surface area contributed by atoms with Crippen molar-refractivity contribution in [2.45, 2.75) is 4.84 Å². The standard InChI is InChI=1S/C6H4Cl2O2/c7-6(8)5-3-4(9)1-2-10-5/h1-3,6H. The molecule has 10 heavy (non-hydrogen) atoms. The van der Waals surface area contributed by atoms with E-state index in [0.29, 0.717) is 0 Å². The topological polar surface area (TPSA) is 30.2 Å². The summed E-state index contributed by atoms with van der Waals surface area (Å²) in [5.74, 6) is 0.274. The number of hydrogen-bond donors (Lipinski definition) is 0. The molecule has 54 valence electrons. The fourth-order valence-electron chi connectivity index (χ4n) is 0.516. The molecule has 0 bridgehead atoms. The van der Waals surface area contributed by atoms with Crippen LogP contribution in [0.25, 0.3) is 0 Å². The first-order chi connectivity index (χ1) is 4.70. The van der Waals surface area contributed by atoms with Crippen LogP contribution in [0.3, 0.4) is 0 Å². The van der Waals surface area contributed by atoms with Gasteiger partial charge in [0.15, 0.2) is 10.3 Å². The van der Waals surface area contributed by atoms with Crippen molar-refractivity contribution in [3.8, 4) is 0 Å². The molecule has 1 rings (SSSR count). The summed E-state index contributed by atoms with van der Waals surface area (Å²) < 4.78 is 4.81. The molecule has 0 radical (unpaired) electrons. The first kappa shape index (κ1) is 7.63. The third kappa shape index (κ3) is 1.75. The van der Waals surface area contributed by atoms with E-state index in [-0.39, 0.29) is 11.2 Å². The van der Waals surface area contributed by atoms with E-state index in [1.807, 2.05) is 0 Å². The molecule has 1 aromatic heterocycles. The van der Waals surface area contributed by atoms with Gasteiger partial charge >= 0.3 is 0 Å². The molecule has 0 aliphatic carbocycles. The molecule has 0 saturated heterocycles. The second-order valence-corrected chi connectivity index (χ2v) is 2.77.